The Morgan fingerprint density at radius 2 is 2.27 bits per heavy atom. The van der Waals surface area contributed by atoms with Gasteiger partial charge in [-0.1, -0.05) is 26.8 Å². The number of nitrogens with zero attached hydrogens (tertiary/aromatic N) is 1. The summed E-state index contributed by atoms with van der Waals surface area (Å²) in [6.07, 6.45) is 10.1. The van der Waals surface area contributed by atoms with Gasteiger partial charge >= 0.3 is 0 Å². The van der Waals surface area contributed by atoms with Gasteiger partial charge in [-0.25, -0.2) is 5.43 Å². The number of hydrogen-bond donors (Lipinski definition) is 3. The molecule has 3 aliphatic rings. The van der Waals surface area contributed by atoms with Crippen molar-refractivity contribution in [3.8, 4) is 0 Å². The molecule has 3 unspecified atom stereocenters. The molecule has 5 heteroatoms. The van der Waals surface area contributed by atoms with Crippen LogP contribution in [0.3, 0.4) is 0 Å². The first-order chi connectivity index (χ1) is 10.6. The van der Waals surface area contributed by atoms with E-state index in [0.29, 0.717) is 18.3 Å². The van der Waals surface area contributed by atoms with Gasteiger partial charge in [-0.05, 0) is 35.8 Å². The number of nitrogens with one attached hydrogen (secondary N) is 3. The predicted molar refractivity (Wildman–Crippen MR) is 87.2 cm³/mol. The number of hydrazine groups is 1. The van der Waals surface area contributed by atoms with E-state index in [1.807, 2.05) is 6.20 Å². The molecule has 1 amide bonds. The molecule has 120 valence electrons. The molecule has 1 fully saturated rings. The van der Waals surface area contributed by atoms with E-state index >= 15 is 0 Å². The van der Waals surface area contributed by atoms with Gasteiger partial charge in [0.25, 0.3) is 0 Å². The quantitative estimate of drug-likeness (QED) is 0.739. The summed E-state index contributed by atoms with van der Waals surface area (Å²) in [6, 6.07) is 0.169. The SMILES string of the molecule is CCCNN1C=C2CC(=O)NC(C(C)C)C2C2=CC=CNC21. The number of dihydropyridines is 1. The van der Waals surface area contributed by atoms with Gasteiger partial charge in [0.2, 0.25) is 5.91 Å². The van der Waals surface area contributed by atoms with Gasteiger partial charge in [-0.3, -0.25) is 9.80 Å². The van der Waals surface area contributed by atoms with Crippen molar-refractivity contribution in [2.75, 3.05) is 6.54 Å². The lowest BCUT2D eigenvalue weighted by atomic mass is 9.73. The van der Waals surface area contributed by atoms with Gasteiger partial charge in [0.05, 0.1) is 6.42 Å². The van der Waals surface area contributed by atoms with Crippen LogP contribution in [0.5, 0.6) is 0 Å². The Morgan fingerprint density at radius 3 is 3.00 bits per heavy atom. The highest BCUT2D eigenvalue weighted by molar-refractivity contribution is 5.81. The number of carbonyl (C=O) groups is 1. The van der Waals surface area contributed by atoms with Gasteiger partial charge < -0.3 is 10.6 Å². The molecule has 5 nitrogen and oxygen atoms in total. The standard InChI is InChI=1S/C17H26N4O/c1-4-7-19-21-10-12-9-14(22)20-16(11(2)3)15(12)13-6-5-8-18-17(13)21/h5-6,8,10-11,15-19H,4,7,9H2,1-3H3,(H,20,22). The maximum Gasteiger partial charge on any atom is 0.224 e. The molecule has 3 N–H and O–H groups in total. The predicted octanol–water partition coefficient (Wildman–Crippen LogP) is 1.63. The summed E-state index contributed by atoms with van der Waals surface area (Å²) in [7, 11) is 0. The van der Waals surface area contributed by atoms with E-state index in [4.69, 9.17) is 0 Å². The van der Waals surface area contributed by atoms with Crippen molar-refractivity contribution in [1.82, 2.24) is 21.1 Å². The molecule has 0 aromatic carbocycles. The largest absolute Gasteiger partial charge is 0.367 e. The van der Waals surface area contributed by atoms with Crippen molar-refractivity contribution in [2.45, 2.75) is 45.8 Å². The fourth-order valence-corrected chi connectivity index (χ4v) is 3.58. The smallest absolute Gasteiger partial charge is 0.224 e. The molecular weight excluding hydrogens is 276 g/mol. The van der Waals surface area contributed by atoms with Crippen LogP contribution in [-0.4, -0.2) is 29.7 Å². The van der Waals surface area contributed by atoms with E-state index < -0.39 is 0 Å². The molecule has 22 heavy (non-hydrogen) atoms. The number of rotatable bonds is 4. The zero-order valence-corrected chi connectivity index (χ0v) is 13.6. The summed E-state index contributed by atoms with van der Waals surface area (Å²) in [4.78, 5) is 12.1. The van der Waals surface area contributed by atoms with E-state index in [1.54, 1.807) is 0 Å². The highest BCUT2D eigenvalue weighted by atomic mass is 16.1. The third kappa shape index (κ3) is 2.65. The number of amides is 1. The number of fused-ring (bicyclic) bond motifs is 3. The Kier molecular flexibility index (Phi) is 4.25. The minimum atomic E-state index is 0.126. The Labute approximate surface area is 132 Å². The van der Waals surface area contributed by atoms with E-state index in [0.717, 1.165) is 13.0 Å². The molecule has 1 saturated heterocycles. The van der Waals surface area contributed by atoms with Crippen molar-refractivity contribution in [1.29, 1.82) is 0 Å². The topological polar surface area (TPSA) is 56.4 Å². The van der Waals surface area contributed by atoms with Crippen molar-refractivity contribution < 1.29 is 4.79 Å². The lowest BCUT2D eigenvalue weighted by molar-refractivity contribution is -0.123. The molecule has 0 aliphatic carbocycles. The second-order valence-electron chi connectivity index (χ2n) is 6.61. The van der Waals surface area contributed by atoms with E-state index in [9.17, 15) is 4.79 Å². The van der Waals surface area contributed by atoms with Crippen LogP contribution in [0.25, 0.3) is 0 Å². The van der Waals surface area contributed by atoms with Gasteiger partial charge in [-0.2, -0.15) is 0 Å². The van der Waals surface area contributed by atoms with E-state index in [-0.39, 0.29) is 18.1 Å². The summed E-state index contributed by atoms with van der Waals surface area (Å²) >= 11 is 0. The summed E-state index contributed by atoms with van der Waals surface area (Å²) in [5, 5.41) is 8.76. The first kappa shape index (κ1) is 15.2. The van der Waals surface area contributed by atoms with Crippen LogP contribution in [0, 0.1) is 11.8 Å². The minimum Gasteiger partial charge on any atom is -0.367 e. The third-order valence-corrected chi connectivity index (χ3v) is 4.61. The average molecular weight is 302 g/mol. The molecule has 0 aromatic rings. The zero-order valence-electron chi connectivity index (χ0n) is 13.6. The number of piperidine rings is 1. The summed E-state index contributed by atoms with van der Waals surface area (Å²) in [5.41, 5.74) is 6.00. The summed E-state index contributed by atoms with van der Waals surface area (Å²) < 4.78 is 0. The van der Waals surface area contributed by atoms with Gasteiger partial charge in [0.15, 0.2) is 0 Å². The monoisotopic (exact) mass is 302 g/mol. The van der Waals surface area contributed by atoms with Crippen molar-refractivity contribution in [3.63, 3.8) is 0 Å². The fraction of sp³-hybridized carbons (Fsp3) is 0.588. The molecule has 0 aromatic heterocycles. The molecule has 3 rings (SSSR count). The highest BCUT2D eigenvalue weighted by Crippen LogP contribution is 2.39. The Bertz CT molecular complexity index is 535. The van der Waals surface area contributed by atoms with Crippen molar-refractivity contribution in [2.24, 2.45) is 11.8 Å². The Balaban J connectivity index is 1.97. The average Bonchev–Trinajstić information content (AvgIpc) is 2.51. The van der Waals surface area contributed by atoms with Crippen LogP contribution in [0.1, 0.15) is 33.6 Å². The van der Waals surface area contributed by atoms with Crippen molar-refractivity contribution in [3.05, 3.63) is 35.7 Å². The molecule has 0 spiro atoms. The maximum absolute atomic E-state index is 12.1. The second kappa shape index (κ2) is 6.16. The molecule has 0 radical (unpaired) electrons. The number of allylic oxidation sites excluding steroid dienone is 2. The van der Waals surface area contributed by atoms with Crippen LogP contribution in [0.15, 0.2) is 35.7 Å². The fourth-order valence-electron chi connectivity index (χ4n) is 3.58. The molecular formula is C17H26N4O. The first-order valence-corrected chi connectivity index (χ1v) is 8.26. The molecule has 0 saturated carbocycles. The Morgan fingerprint density at radius 1 is 1.45 bits per heavy atom. The summed E-state index contributed by atoms with van der Waals surface area (Å²) in [6.45, 7) is 7.43. The number of carbonyl (C=O) groups excluding carboxylic acids is 1. The highest BCUT2D eigenvalue weighted by Gasteiger charge is 2.43. The molecule has 3 aliphatic heterocycles. The molecule has 3 atom stereocenters. The molecule has 0 bridgehead atoms. The van der Waals surface area contributed by atoms with E-state index in [2.05, 4.69) is 60.2 Å². The van der Waals surface area contributed by atoms with Gasteiger partial charge in [0, 0.05) is 24.7 Å². The van der Waals surface area contributed by atoms with Crippen LogP contribution < -0.4 is 16.1 Å². The lowest BCUT2D eigenvalue weighted by Crippen LogP contribution is -2.59. The lowest BCUT2D eigenvalue weighted by Gasteiger charge is -2.48. The summed E-state index contributed by atoms with van der Waals surface area (Å²) in [5.74, 6) is 0.829. The van der Waals surface area contributed by atoms with Gasteiger partial charge in [0.1, 0.15) is 6.17 Å². The van der Waals surface area contributed by atoms with Crippen LogP contribution in [0.4, 0.5) is 0 Å². The third-order valence-electron chi connectivity index (χ3n) is 4.61. The van der Waals surface area contributed by atoms with Crippen molar-refractivity contribution >= 4 is 5.91 Å². The second-order valence-corrected chi connectivity index (χ2v) is 6.61. The van der Waals surface area contributed by atoms with Crippen LogP contribution >= 0.6 is 0 Å². The maximum atomic E-state index is 12.1. The molecule has 3 heterocycles. The normalized spacial score (nSPS) is 30.1. The van der Waals surface area contributed by atoms with Crippen LogP contribution in [0.2, 0.25) is 0 Å². The zero-order chi connectivity index (χ0) is 15.7. The number of hydrogen-bond acceptors (Lipinski definition) is 4. The van der Waals surface area contributed by atoms with Gasteiger partial charge in [-0.15, -0.1) is 0 Å². The Hall–Kier alpha value is -1.75. The van der Waals surface area contributed by atoms with E-state index in [1.165, 1.54) is 11.1 Å². The first-order valence-electron chi connectivity index (χ1n) is 8.26. The van der Waals surface area contributed by atoms with Crippen LogP contribution in [-0.2, 0) is 4.79 Å². The minimum absolute atomic E-state index is 0.126.